The molecule has 0 spiro atoms. The van der Waals surface area contributed by atoms with E-state index in [-0.39, 0.29) is 0 Å². The lowest BCUT2D eigenvalue weighted by Crippen LogP contribution is -1.87. The third-order valence-electron chi connectivity index (χ3n) is 2.58. The van der Waals surface area contributed by atoms with Crippen LogP contribution in [0.3, 0.4) is 0 Å². The smallest absolute Gasteiger partial charge is 0.223 e. The summed E-state index contributed by atoms with van der Waals surface area (Å²) in [6.45, 7) is 0. The van der Waals surface area contributed by atoms with Gasteiger partial charge in [-0.3, -0.25) is 0 Å². The van der Waals surface area contributed by atoms with Gasteiger partial charge in [0, 0.05) is 5.57 Å². The topological polar surface area (TPSA) is 26.0 Å². The molecule has 2 heteroatoms. The molecule has 2 aromatic rings. The summed E-state index contributed by atoms with van der Waals surface area (Å²) in [7, 11) is 0. The molecule has 0 aliphatic heterocycles. The van der Waals surface area contributed by atoms with Gasteiger partial charge in [-0.25, -0.2) is 4.98 Å². The van der Waals surface area contributed by atoms with Crippen molar-refractivity contribution in [3.63, 3.8) is 0 Å². The molecule has 1 aliphatic carbocycles. The number of hydrogen-bond donors (Lipinski definition) is 0. The van der Waals surface area contributed by atoms with Crippen LogP contribution in [0.5, 0.6) is 0 Å². The molecule has 0 N–H and O–H groups in total. The van der Waals surface area contributed by atoms with Crippen molar-refractivity contribution < 1.29 is 4.42 Å². The van der Waals surface area contributed by atoms with E-state index < -0.39 is 0 Å². The van der Waals surface area contributed by atoms with Crippen LogP contribution in [-0.2, 0) is 0 Å². The Morgan fingerprint density at radius 1 is 1.20 bits per heavy atom. The van der Waals surface area contributed by atoms with E-state index in [0.717, 1.165) is 29.8 Å². The summed E-state index contributed by atoms with van der Waals surface area (Å²) in [6, 6.07) is 7.86. The van der Waals surface area contributed by atoms with E-state index in [9.17, 15) is 0 Å². The summed E-state index contributed by atoms with van der Waals surface area (Å²) in [5.74, 6) is 0.764. The summed E-state index contributed by atoms with van der Waals surface area (Å²) in [6.07, 6.45) is 8.39. The van der Waals surface area contributed by atoms with Gasteiger partial charge in [0.25, 0.3) is 0 Å². The molecular formula is C13H11NO. The SMILES string of the molecule is C1=CCCC(c2nc3ccccc3o2)=C1. The van der Waals surface area contributed by atoms with Gasteiger partial charge >= 0.3 is 0 Å². The Labute approximate surface area is 87.9 Å². The molecule has 0 radical (unpaired) electrons. The zero-order valence-electron chi connectivity index (χ0n) is 8.31. The molecule has 1 aliphatic rings. The number of allylic oxidation sites excluding steroid dienone is 4. The van der Waals surface area contributed by atoms with Crippen LogP contribution in [0, 0.1) is 0 Å². The van der Waals surface area contributed by atoms with Gasteiger partial charge in [-0.2, -0.15) is 0 Å². The lowest BCUT2D eigenvalue weighted by Gasteiger charge is -2.02. The Hall–Kier alpha value is -1.83. The van der Waals surface area contributed by atoms with Crippen LogP contribution in [0.25, 0.3) is 16.7 Å². The second kappa shape index (κ2) is 3.39. The maximum Gasteiger partial charge on any atom is 0.223 e. The number of aromatic nitrogens is 1. The summed E-state index contributed by atoms with van der Waals surface area (Å²) in [4.78, 5) is 4.47. The average Bonchev–Trinajstić information content (AvgIpc) is 2.74. The Morgan fingerprint density at radius 3 is 2.93 bits per heavy atom. The van der Waals surface area contributed by atoms with Gasteiger partial charge in [0.05, 0.1) is 0 Å². The summed E-state index contributed by atoms with van der Waals surface area (Å²) >= 11 is 0. The first kappa shape index (κ1) is 8.48. The molecule has 0 amide bonds. The van der Waals surface area contributed by atoms with E-state index in [4.69, 9.17) is 4.42 Å². The summed E-state index contributed by atoms with van der Waals surface area (Å²) in [5.41, 5.74) is 2.99. The van der Waals surface area contributed by atoms with Gasteiger partial charge < -0.3 is 4.42 Å². The number of benzene rings is 1. The van der Waals surface area contributed by atoms with Gasteiger partial charge in [0.1, 0.15) is 5.52 Å². The second-order valence-electron chi connectivity index (χ2n) is 3.65. The van der Waals surface area contributed by atoms with Gasteiger partial charge in [-0.15, -0.1) is 0 Å². The van der Waals surface area contributed by atoms with Gasteiger partial charge in [-0.1, -0.05) is 30.4 Å². The van der Waals surface area contributed by atoms with Crippen LogP contribution in [0.4, 0.5) is 0 Å². The minimum atomic E-state index is 0.764. The van der Waals surface area contributed by atoms with E-state index in [1.54, 1.807) is 0 Å². The summed E-state index contributed by atoms with van der Waals surface area (Å²) in [5, 5.41) is 0. The standard InChI is InChI=1S/C13H11NO/c1-2-6-10(7-3-1)13-14-11-8-4-5-9-12(11)15-13/h1-2,4-6,8-9H,3,7H2. The first-order valence-corrected chi connectivity index (χ1v) is 5.15. The molecule has 1 aromatic heterocycles. The Bertz CT molecular complexity index is 515. The van der Waals surface area contributed by atoms with E-state index in [1.165, 1.54) is 5.57 Å². The van der Waals surface area contributed by atoms with Crippen LogP contribution < -0.4 is 0 Å². The van der Waals surface area contributed by atoms with Crippen molar-refractivity contribution in [1.82, 2.24) is 4.98 Å². The first-order chi connectivity index (χ1) is 7.43. The molecule has 0 bridgehead atoms. The van der Waals surface area contributed by atoms with Gasteiger partial charge in [-0.05, 0) is 25.0 Å². The van der Waals surface area contributed by atoms with Crippen LogP contribution in [0.2, 0.25) is 0 Å². The molecule has 0 atom stereocenters. The molecule has 1 heterocycles. The first-order valence-electron chi connectivity index (χ1n) is 5.15. The molecule has 2 nitrogen and oxygen atoms in total. The molecule has 0 fully saturated rings. The van der Waals surface area contributed by atoms with Gasteiger partial charge in [0.15, 0.2) is 5.58 Å². The molecule has 1 aromatic carbocycles. The van der Waals surface area contributed by atoms with Crippen molar-refractivity contribution in [2.24, 2.45) is 0 Å². The zero-order chi connectivity index (χ0) is 10.1. The Morgan fingerprint density at radius 2 is 2.13 bits per heavy atom. The largest absolute Gasteiger partial charge is 0.436 e. The fourth-order valence-electron chi connectivity index (χ4n) is 1.79. The fourth-order valence-corrected chi connectivity index (χ4v) is 1.79. The van der Waals surface area contributed by atoms with E-state index >= 15 is 0 Å². The van der Waals surface area contributed by atoms with Crippen LogP contribution in [-0.4, -0.2) is 4.98 Å². The fraction of sp³-hybridized carbons (Fsp3) is 0.154. The van der Waals surface area contributed by atoms with Crippen molar-refractivity contribution in [2.45, 2.75) is 12.8 Å². The molecule has 15 heavy (non-hydrogen) atoms. The molecule has 74 valence electrons. The lowest BCUT2D eigenvalue weighted by atomic mass is 10.1. The highest BCUT2D eigenvalue weighted by Gasteiger charge is 2.10. The maximum absolute atomic E-state index is 5.69. The number of rotatable bonds is 1. The zero-order valence-corrected chi connectivity index (χ0v) is 8.31. The lowest BCUT2D eigenvalue weighted by molar-refractivity contribution is 0.580. The van der Waals surface area contributed by atoms with Crippen molar-refractivity contribution >= 4 is 16.7 Å². The summed E-state index contributed by atoms with van der Waals surface area (Å²) < 4.78 is 5.69. The molecule has 3 rings (SSSR count). The predicted octanol–water partition coefficient (Wildman–Crippen LogP) is 3.56. The monoisotopic (exact) mass is 197 g/mol. The quantitative estimate of drug-likeness (QED) is 0.698. The minimum Gasteiger partial charge on any atom is -0.436 e. The normalized spacial score (nSPS) is 15.6. The molecule has 0 saturated carbocycles. The number of hydrogen-bond acceptors (Lipinski definition) is 2. The van der Waals surface area contributed by atoms with Crippen LogP contribution in [0.1, 0.15) is 18.7 Å². The third-order valence-corrected chi connectivity index (χ3v) is 2.58. The molecule has 0 unspecified atom stereocenters. The van der Waals surface area contributed by atoms with Crippen LogP contribution in [0.15, 0.2) is 46.9 Å². The Balaban J connectivity index is 2.11. The van der Waals surface area contributed by atoms with Crippen molar-refractivity contribution in [2.75, 3.05) is 0 Å². The van der Waals surface area contributed by atoms with Crippen molar-refractivity contribution in [1.29, 1.82) is 0 Å². The van der Waals surface area contributed by atoms with E-state index in [0.29, 0.717) is 0 Å². The average molecular weight is 197 g/mol. The number of nitrogens with zero attached hydrogens (tertiary/aromatic N) is 1. The second-order valence-corrected chi connectivity index (χ2v) is 3.65. The maximum atomic E-state index is 5.69. The van der Waals surface area contributed by atoms with Crippen molar-refractivity contribution in [3.8, 4) is 0 Å². The predicted molar refractivity (Wildman–Crippen MR) is 60.4 cm³/mol. The van der Waals surface area contributed by atoms with Crippen LogP contribution >= 0.6 is 0 Å². The van der Waals surface area contributed by atoms with Crippen molar-refractivity contribution in [3.05, 3.63) is 48.4 Å². The highest BCUT2D eigenvalue weighted by molar-refractivity contribution is 5.76. The number of oxazole rings is 1. The number of para-hydroxylation sites is 2. The number of fused-ring (bicyclic) bond motifs is 1. The molecule has 0 saturated heterocycles. The van der Waals surface area contributed by atoms with E-state index in [1.807, 2.05) is 24.3 Å². The van der Waals surface area contributed by atoms with Gasteiger partial charge in [0.2, 0.25) is 5.89 Å². The highest BCUT2D eigenvalue weighted by atomic mass is 16.3. The Kier molecular flexibility index (Phi) is 1.91. The highest BCUT2D eigenvalue weighted by Crippen LogP contribution is 2.25. The minimum absolute atomic E-state index is 0.764. The molecular weight excluding hydrogens is 186 g/mol. The third kappa shape index (κ3) is 1.48. The van der Waals surface area contributed by atoms with E-state index in [2.05, 4.69) is 23.2 Å².